The molecule has 31 heavy (non-hydrogen) atoms. The summed E-state index contributed by atoms with van der Waals surface area (Å²) in [7, 11) is 0. The lowest BCUT2D eigenvalue weighted by Crippen LogP contribution is -2.28. The molecule has 0 saturated carbocycles. The van der Waals surface area contributed by atoms with E-state index in [-0.39, 0.29) is 29.9 Å². The van der Waals surface area contributed by atoms with E-state index in [2.05, 4.69) is 19.2 Å². The van der Waals surface area contributed by atoms with Crippen LogP contribution in [0.3, 0.4) is 0 Å². The third kappa shape index (κ3) is 4.66. The molecule has 0 aliphatic carbocycles. The third-order valence-electron chi connectivity index (χ3n) is 5.71. The fourth-order valence-electron chi connectivity index (χ4n) is 3.97. The number of carbonyl (C=O) groups is 2. The lowest BCUT2D eigenvalue weighted by Gasteiger charge is -2.25. The predicted molar refractivity (Wildman–Crippen MR) is 124 cm³/mol. The maximum atomic E-state index is 12.7. The number of carbonyl (C=O) groups excluding carboxylic acids is 2. The monoisotopic (exact) mass is 440 g/mol. The van der Waals surface area contributed by atoms with Crippen LogP contribution < -0.4 is 19.7 Å². The number of hydrogen-bond donors (Lipinski definition) is 1. The maximum Gasteiger partial charge on any atom is 0.238 e. The molecule has 2 atom stereocenters. The molecule has 1 saturated heterocycles. The molecule has 4 rings (SSSR count). The van der Waals surface area contributed by atoms with Gasteiger partial charge in [-0.25, -0.2) is 0 Å². The molecule has 0 aromatic heterocycles. The Balaban J connectivity index is 1.53. The highest BCUT2D eigenvalue weighted by Crippen LogP contribution is 2.45. The second kappa shape index (κ2) is 9.64. The molecular formula is C24H28N2O4S. The number of ether oxygens (including phenoxy) is 2. The van der Waals surface area contributed by atoms with Crippen molar-refractivity contribution in [2.24, 2.45) is 5.92 Å². The Hall–Kier alpha value is -2.67. The Bertz CT molecular complexity index is 964. The van der Waals surface area contributed by atoms with Gasteiger partial charge in [-0.1, -0.05) is 38.8 Å². The van der Waals surface area contributed by atoms with Crippen LogP contribution in [0.5, 0.6) is 11.5 Å². The Morgan fingerprint density at radius 1 is 1.19 bits per heavy atom. The zero-order valence-electron chi connectivity index (χ0n) is 17.9. The summed E-state index contributed by atoms with van der Waals surface area (Å²) in [6.45, 7) is 4.39. The molecule has 2 heterocycles. The lowest BCUT2D eigenvalue weighted by atomic mass is 9.98. The van der Waals surface area contributed by atoms with E-state index >= 15 is 0 Å². The van der Waals surface area contributed by atoms with Crippen molar-refractivity contribution in [2.75, 3.05) is 22.8 Å². The Morgan fingerprint density at radius 3 is 2.84 bits per heavy atom. The summed E-state index contributed by atoms with van der Waals surface area (Å²) < 4.78 is 10.9. The standard InChI is InChI=1S/C24H28N2O4S/c1-3-5-7-16(4-2)23(28)25-18-9-6-8-17(12-18)24-26(22(27)14-31-24)19-10-11-20-21(13-19)30-15-29-20/h6,8-13,16,24H,3-5,7,14-15H2,1-2H3,(H,25,28)/t16-,24+/m0/s1. The minimum absolute atomic E-state index is 0.0242. The highest BCUT2D eigenvalue weighted by molar-refractivity contribution is 8.00. The minimum atomic E-state index is -0.160. The van der Waals surface area contributed by atoms with Crippen LogP contribution >= 0.6 is 11.8 Å². The smallest absolute Gasteiger partial charge is 0.238 e. The first-order chi connectivity index (χ1) is 15.1. The maximum absolute atomic E-state index is 12.7. The fourth-order valence-corrected chi connectivity index (χ4v) is 5.14. The van der Waals surface area contributed by atoms with Crippen LogP contribution in [0, 0.1) is 5.92 Å². The molecule has 7 heteroatoms. The number of benzene rings is 2. The van der Waals surface area contributed by atoms with Gasteiger partial charge in [-0.3, -0.25) is 14.5 Å². The van der Waals surface area contributed by atoms with Crippen LogP contribution in [0.25, 0.3) is 0 Å². The summed E-state index contributed by atoms with van der Waals surface area (Å²) >= 11 is 1.58. The third-order valence-corrected chi connectivity index (χ3v) is 6.92. The van der Waals surface area contributed by atoms with Gasteiger partial charge in [-0.15, -0.1) is 11.8 Å². The van der Waals surface area contributed by atoms with Crippen LogP contribution in [0.2, 0.25) is 0 Å². The fraction of sp³-hybridized carbons (Fsp3) is 0.417. The van der Waals surface area contributed by atoms with Crippen molar-refractivity contribution in [3.8, 4) is 11.5 Å². The van der Waals surface area contributed by atoms with Crippen molar-refractivity contribution >= 4 is 35.0 Å². The average molecular weight is 441 g/mol. The number of anilines is 2. The molecule has 0 unspecified atom stereocenters. The first-order valence-electron chi connectivity index (χ1n) is 10.8. The number of unbranched alkanes of at least 4 members (excludes halogenated alkanes) is 1. The number of amides is 2. The average Bonchev–Trinajstić information content (AvgIpc) is 3.40. The first kappa shape index (κ1) is 21.6. The van der Waals surface area contributed by atoms with Gasteiger partial charge in [0.25, 0.3) is 0 Å². The van der Waals surface area contributed by atoms with Gasteiger partial charge in [0.2, 0.25) is 18.6 Å². The lowest BCUT2D eigenvalue weighted by molar-refractivity contribution is -0.120. The Morgan fingerprint density at radius 2 is 2.03 bits per heavy atom. The highest BCUT2D eigenvalue weighted by Gasteiger charge is 2.35. The summed E-state index contributed by atoms with van der Waals surface area (Å²) in [6.07, 6.45) is 3.87. The predicted octanol–water partition coefficient (Wildman–Crippen LogP) is 5.35. The topological polar surface area (TPSA) is 67.9 Å². The summed E-state index contributed by atoms with van der Waals surface area (Å²) in [5.74, 6) is 1.89. The minimum Gasteiger partial charge on any atom is -0.454 e. The summed E-state index contributed by atoms with van der Waals surface area (Å²) in [5, 5.41) is 2.92. The second-order valence-corrected chi connectivity index (χ2v) is 8.90. The molecule has 2 aromatic rings. The van der Waals surface area contributed by atoms with Crippen molar-refractivity contribution in [1.29, 1.82) is 0 Å². The molecule has 2 aliphatic heterocycles. The van der Waals surface area contributed by atoms with Gasteiger partial charge in [-0.05, 0) is 42.7 Å². The van der Waals surface area contributed by atoms with Gasteiger partial charge < -0.3 is 14.8 Å². The van der Waals surface area contributed by atoms with E-state index in [9.17, 15) is 9.59 Å². The van der Waals surface area contributed by atoms with Crippen molar-refractivity contribution in [3.05, 3.63) is 48.0 Å². The zero-order chi connectivity index (χ0) is 21.8. The molecule has 1 fully saturated rings. The molecule has 2 aliphatic rings. The quantitative estimate of drug-likeness (QED) is 0.599. The van der Waals surface area contributed by atoms with Crippen molar-refractivity contribution in [3.63, 3.8) is 0 Å². The van der Waals surface area contributed by atoms with E-state index in [0.717, 1.165) is 42.6 Å². The number of nitrogens with zero attached hydrogens (tertiary/aromatic N) is 1. The molecule has 0 bridgehead atoms. The largest absolute Gasteiger partial charge is 0.454 e. The van der Waals surface area contributed by atoms with E-state index in [0.29, 0.717) is 17.3 Å². The van der Waals surface area contributed by atoms with Crippen LogP contribution in [0.15, 0.2) is 42.5 Å². The molecule has 2 amide bonds. The van der Waals surface area contributed by atoms with Crippen LogP contribution in [-0.4, -0.2) is 24.4 Å². The number of rotatable bonds is 8. The van der Waals surface area contributed by atoms with Crippen molar-refractivity contribution < 1.29 is 19.1 Å². The molecule has 6 nitrogen and oxygen atoms in total. The Labute approximate surface area is 187 Å². The van der Waals surface area contributed by atoms with E-state index in [4.69, 9.17) is 9.47 Å². The van der Waals surface area contributed by atoms with E-state index < -0.39 is 0 Å². The van der Waals surface area contributed by atoms with Crippen LogP contribution in [0.4, 0.5) is 11.4 Å². The van der Waals surface area contributed by atoms with Crippen LogP contribution in [0.1, 0.15) is 50.5 Å². The number of nitrogens with one attached hydrogen (secondary N) is 1. The van der Waals surface area contributed by atoms with Gasteiger partial charge in [-0.2, -0.15) is 0 Å². The normalized spacial score (nSPS) is 18.3. The van der Waals surface area contributed by atoms with Gasteiger partial charge >= 0.3 is 0 Å². The molecule has 0 radical (unpaired) electrons. The number of fused-ring (bicyclic) bond motifs is 1. The summed E-state index contributed by atoms with van der Waals surface area (Å²) in [4.78, 5) is 27.2. The number of thioether (sulfide) groups is 1. The van der Waals surface area contributed by atoms with Gasteiger partial charge in [0.15, 0.2) is 11.5 Å². The van der Waals surface area contributed by atoms with Gasteiger partial charge in [0.1, 0.15) is 5.37 Å². The molecule has 1 N–H and O–H groups in total. The Kier molecular flexibility index (Phi) is 6.70. The number of hydrogen-bond acceptors (Lipinski definition) is 5. The summed E-state index contributed by atoms with van der Waals surface area (Å²) in [5.41, 5.74) is 2.53. The van der Waals surface area contributed by atoms with Gasteiger partial charge in [0, 0.05) is 23.4 Å². The van der Waals surface area contributed by atoms with Crippen molar-refractivity contribution in [1.82, 2.24) is 0 Å². The molecule has 0 spiro atoms. The van der Waals surface area contributed by atoms with Gasteiger partial charge in [0.05, 0.1) is 5.75 Å². The SMILES string of the molecule is CCCC[C@H](CC)C(=O)Nc1cccc([C@H]2SCC(=O)N2c2ccc3c(c2)OCO3)c1. The molecule has 2 aromatic carbocycles. The van der Waals surface area contributed by atoms with E-state index in [1.54, 1.807) is 16.7 Å². The van der Waals surface area contributed by atoms with Crippen molar-refractivity contribution in [2.45, 2.75) is 44.9 Å². The first-order valence-corrected chi connectivity index (χ1v) is 11.9. The highest BCUT2D eigenvalue weighted by atomic mass is 32.2. The van der Waals surface area contributed by atoms with Crippen LogP contribution in [-0.2, 0) is 9.59 Å². The second-order valence-electron chi connectivity index (χ2n) is 7.83. The molecule has 164 valence electrons. The zero-order valence-corrected chi connectivity index (χ0v) is 18.7. The van der Waals surface area contributed by atoms with E-state index in [1.807, 2.05) is 42.5 Å². The van der Waals surface area contributed by atoms with E-state index in [1.165, 1.54) is 0 Å². The molecular weight excluding hydrogens is 412 g/mol. The summed E-state index contributed by atoms with van der Waals surface area (Å²) in [6, 6.07) is 13.4.